The molecule has 1 aromatic rings. The number of alkyl halides is 3. The Morgan fingerprint density at radius 3 is 2.38 bits per heavy atom. The van der Waals surface area contributed by atoms with Crippen LogP contribution < -0.4 is 10.6 Å². The Hall–Kier alpha value is -1.56. The Bertz CT molecular complexity index is 676. The molecule has 2 N–H and O–H groups in total. The van der Waals surface area contributed by atoms with Crippen LogP contribution >= 0.6 is 24.0 Å². The highest BCUT2D eigenvalue weighted by Gasteiger charge is 2.27. The van der Waals surface area contributed by atoms with Crippen LogP contribution in [0.2, 0.25) is 0 Å². The van der Waals surface area contributed by atoms with Gasteiger partial charge in [-0.3, -0.25) is 9.79 Å². The average molecular weight is 530 g/mol. The molecule has 0 saturated heterocycles. The van der Waals surface area contributed by atoms with Crippen LogP contribution in [0.25, 0.3) is 0 Å². The van der Waals surface area contributed by atoms with Crippen molar-refractivity contribution in [2.75, 3.05) is 27.2 Å². The van der Waals surface area contributed by atoms with Crippen molar-refractivity contribution in [2.45, 2.75) is 45.6 Å². The highest BCUT2D eigenvalue weighted by molar-refractivity contribution is 14.0. The van der Waals surface area contributed by atoms with Gasteiger partial charge >= 0.3 is 6.18 Å². The van der Waals surface area contributed by atoms with Crippen LogP contribution in [0, 0.1) is 0 Å². The number of rotatable bonds is 7. The molecule has 0 heterocycles. The third-order valence-electron chi connectivity index (χ3n) is 3.45. The molecule has 0 radical (unpaired) electrons. The van der Waals surface area contributed by atoms with Gasteiger partial charge in [-0.25, -0.2) is 0 Å². The average Bonchev–Trinajstić information content (AvgIpc) is 2.52. The molecular weight excluding hydrogens is 500 g/mol. The van der Waals surface area contributed by atoms with Gasteiger partial charge in [0, 0.05) is 26.2 Å². The van der Waals surface area contributed by atoms with Gasteiger partial charge in [0.1, 0.15) is 6.61 Å². The molecule has 0 spiro atoms. The van der Waals surface area contributed by atoms with Crippen molar-refractivity contribution in [1.82, 2.24) is 15.5 Å². The van der Waals surface area contributed by atoms with Crippen molar-refractivity contribution in [3.8, 4) is 0 Å². The van der Waals surface area contributed by atoms with Gasteiger partial charge in [0.2, 0.25) is 5.91 Å². The SMILES string of the molecule is CN=C(NCc1cccc(COCC(F)(F)F)c1)N(C)CC(=O)NC(C)(C)C.I. The molecule has 6 nitrogen and oxygen atoms in total. The first-order valence-electron chi connectivity index (χ1n) is 8.85. The molecule has 0 unspecified atom stereocenters. The number of nitrogens with zero attached hydrogens (tertiary/aromatic N) is 2. The molecule has 0 aliphatic rings. The molecule has 1 amide bonds. The van der Waals surface area contributed by atoms with Crippen LogP contribution in [0.5, 0.6) is 0 Å². The summed E-state index contributed by atoms with van der Waals surface area (Å²) in [7, 11) is 3.36. The zero-order valence-corrected chi connectivity index (χ0v) is 19.7. The Labute approximate surface area is 187 Å². The van der Waals surface area contributed by atoms with Crippen molar-refractivity contribution in [3.05, 3.63) is 35.4 Å². The Morgan fingerprint density at radius 1 is 1.21 bits per heavy atom. The highest BCUT2D eigenvalue weighted by Crippen LogP contribution is 2.16. The van der Waals surface area contributed by atoms with Crippen LogP contribution in [-0.2, 0) is 22.7 Å². The van der Waals surface area contributed by atoms with Gasteiger partial charge in [0.15, 0.2) is 5.96 Å². The maximum atomic E-state index is 12.2. The number of benzene rings is 1. The van der Waals surface area contributed by atoms with E-state index in [0.717, 1.165) is 5.56 Å². The van der Waals surface area contributed by atoms with Crippen LogP contribution in [-0.4, -0.2) is 55.7 Å². The molecular formula is C19H30F3IN4O2. The first-order chi connectivity index (χ1) is 12.9. The summed E-state index contributed by atoms with van der Waals surface area (Å²) in [6.07, 6.45) is -4.34. The number of carbonyl (C=O) groups excluding carboxylic acids is 1. The van der Waals surface area contributed by atoms with Crippen molar-refractivity contribution < 1.29 is 22.7 Å². The lowest BCUT2D eigenvalue weighted by Gasteiger charge is -2.25. The van der Waals surface area contributed by atoms with Crippen LogP contribution in [0.3, 0.4) is 0 Å². The van der Waals surface area contributed by atoms with Crippen LogP contribution in [0.1, 0.15) is 31.9 Å². The molecule has 0 atom stereocenters. The van der Waals surface area contributed by atoms with E-state index < -0.39 is 12.8 Å². The predicted molar refractivity (Wildman–Crippen MR) is 118 cm³/mol. The zero-order chi connectivity index (χ0) is 21.4. The van der Waals surface area contributed by atoms with Crippen LogP contribution in [0.4, 0.5) is 13.2 Å². The fraction of sp³-hybridized carbons (Fsp3) is 0.579. The number of ether oxygens (including phenoxy) is 1. The molecule has 0 fully saturated rings. The molecule has 0 bridgehead atoms. The van der Waals surface area contributed by atoms with Crippen LogP contribution in [0.15, 0.2) is 29.3 Å². The van der Waals surface area contributed by atoms with E-state index in [2.05, 4.69) is 20.4 Å². The fourth-order valence-corrected chi connectivity index (χ4v) is 2.43. The molecule has 1 rings (SSSR count). The summed E-state index contributed by atoms with van der Waals surface area (Å²) in [5.41, 5.74) is 1.20. The van der Waals surface area contributed by atoms with Gasteiger partial charge in [-0.05, 0) is 31.9 Å². The first-order valence-corrected chi connectivity index (χ1v) is 8.85. The van der Waals surface area contributed by atoms with E-state index in [1.165, 1.54) is 0 Å². The van der Waals surface area contributed by atoms with Crippen molar-refractivity contribution in [1.29, 1.82) is 0 Å². The minimum Gasteiger partial charge on any atom is -0.367 e. The molecule has 0 aliphatic carbocycles. The monoisotopic (exact) mass is 530 g/mol. The fourth-order valence-electron chi connectivity index (χ4n) is 2.43. The lowest BCUT2D eigenvalue weighted by atomic mass is 10.1. The molecule has 0 aliphatic heterocycles. The third kappa shape index (κ3) is 12.6. The van der Waals surface area contributed by atoms with Gasteiger partial charge in [-0.15, -0.1) is 24.0 Å². The number of guanidine groups is 1. The van der Waals surface area contributed by atoms with E-state index in [1.807, 2.05) is 26.8 Å². The first kappa shape index (κ1) is 27.4. The number of hydrogen-bond acceptors (Lipinski definition) is 3. The smallest absolute Gasteiger partial charge is 0.367 e. The number of amides is 1. The van der Waals surface area contributed by atoms with E-state index in [0.29, 0.717) is 18.1 Å². The second kappa shape index (κ2) is 12.2. The summed E-state index contributed by atoms with van der Waals surface area (Å²) in [6.45, 7) is 4.88. The summed E-state index contributed by atoms with van der Waals surface area (Å²) < 4.78 is 41.2. The van der Waals surface area contributed by atoms with Gasteiger partial charge in [-0.1, -0.05) is 24.3 Å². The number of carbonyl (C=O) groups is 1. The normalized spacial score (nSPS) is 12.2. The van der Waals surface area contributed by atoms with E-state index in [9.17, 15) is 18.0 Å². The number of nitrogens with one attached hydrogen (secondary N) is 2. The molecule has 166 valence electrons. The number of hydrogen-bond donors (Lipinski definition) is 2. The topological polar surface area (TPSA) is 66.0 Å². The Balaban J connectivity index is 0.00000784. The van der Waals surface area contributed by atoms with Crippen molar-refractivity contribution >= 4 is 35.8 Å². The standard InChI is InChI=1S/C19H29F3N4O2.HI/c1-18(2,3)25-16(27)11-26(5)17(23-4)24-10-14-7-6-8-15(9-14)12-28-13-19(20,21)22;/h6-9H,10-13H2,1-5H3,(H,23,24)(H,25,27);1H. The van der Waals surface area contributed by atoms with E-state index in [1.54, 1.807) is 37.2 Å². The summed E-state index contributed by atoms with van der Waals surface area (Å²) in [5.74, 6) is 0.407. The quantitative estimate of drug-likeness (QED) is 0.323. The molecule has 10 heteroatoms. The summed E-state index contributed by atoms with van der Waals surface area (Å²) >= 11 is 0. The summed E-state index contributed by atoms with van der Waals surface area (Å²) in [6, 6.07) is 7.08. The molecule has 0 saturated carbocycles. The Morgan fingerprint density at radius 2 is 1.83 bits per heavy atom. The molecule has 1 aromatic carbocycles. The van der Waals surface area contributed by atoms with E-state index >= 15 is 0 Å². The number of aliphatic imine (C=N–C) groups is 1. The van der Waals surface area contributed by atoms with E-state index in [-0.39, 0.29) is 48.6 Å². The minimum absolute atomic E-state index is 0. The van der Waals surface area contributed by atoms with Gasteiger partial charge in [0.05, 0.1) is 13.2 Å². The molecule has 29 heavy (non-hydrogen) atoms. The van der Waals surface area contributed by atoms with Crippen molar-refractivity contribution in [3.63, 3.8) is 0 Å². The van der Waals surface area contributed by atoms with Crippen molar-refractivity contribution in [2.24, 2.45) is 4.99 Å². The second-order valence-corrected chi connectivity index (χ2v) is 7.48. The maximum absolute atomic E-state index is 12.2. The zero-order valence-electron chi connectivity index (χ0n) is 17.4. The number of likely N-dealkylation sites (N-methyl/N-ethyl adjacent to an activating group) is 1. The predicted octanol–water partition coefficient (Wildman–Crippen LogP) is 3.31. The number of halogens is 4. The summed E-state index contributed by atoms with van der Waals surface area (Å²) in [4.78, 5) is 17.9. The van der Waals surface area contributed by atoms with Gasteiger partial charge in [-0.2, -0.15) is 13.2 Å². The maximum Gasteiger partial charge on any atom is 0.411 e. The second-order valence-electron chi connectivity index (χ2n) is 7.48. The lowest BCUT2D eigenvalue weighted by Crippen LogP contribution is -2.48. The Kier molecular flexibility index (Phi) is 11.6. The largest absolute Gasteiger partial charge is 0.411 e. The summed E-state index contributed by atoms with van der Waals surface area (Å²) in [5, 5.41) is 6.02. The molecule has 0 aromatic heterocycles. The lowest BCUT2D eigenvalue weighted by molar-refractivity contribution is -0.176. The van der Waals surface area contributed by atoms with E-state index in [4.69, 9.17) is 0 Å². The minimum atomic E-state index is -4.34. The third-order valence-corrected chi connectivity index (χ3v) is 3.45. The van der Waals surface area contributed by atoms with Gasteiger partial charge < -0.3 is 20.3 Å². The highest BCUT2D eigenvalue weighted by atomic mass is 127. The van der Waals surface area contributed by atoms with Gasteiger partial charge in [0.25, 0.3) is 0 Å².